The van der Waals surface area contributed by atoms with Crippen LogP contribution in [0, 0.1) is 0 Å². The van der Waals surface area contributed by atoms with E-state index in [2.05, 4.69) is 44.5 Å². The average Bonchev–Trinajstić information content (AvgIpc) is 2.93. The Morgan fingerprint density at radius 1 is 1.12 bits per heavy atom. The third-order valence-electron chi connectivity index (χ3n) is 8.74. The number of amides is 1. The topological polar surface area (TPSA) is 102 Å². The molecule has 0 saturated carbocycles. The molecule has 226 valence electrons. The fourth-order valence-electron chi connectivity index (χ4n) is 4.93. The van der Waals surface area contributed by atoms with E-state index in [4.69, 9.17) is 16.0 Å². The van der Waals surface area contributed by atoms with Crippen molar-refractivity contribution in [1.29, 1.82) is 0 Å². The first-order valence-electron chi connectivity index (χ1n) is 14.3. The molecule has 7 nitrogen and oxygen atoms in total. The van der Waals surface area contributed by atoms with Gasteiger partial charge in [0.15, 0.2) is 23.9 Å². The lowest BCUT2D eigenvalue weighted by molar-refractivity contribution is -0.121. The maximum atomic E-state index is 14.2. The maximum Gasteiger partial charge on any atom is 0.226 e. The highest BCUT2D eigenvalue weighted by atomic mass is 35.5. The Hall–Kier alpha value is -2.72. The third-order valence-corrected chi connectivity index (χ3v) is 15.2. The van der Waals surface area contributed by atoms with Crippen molar-refractivity contribution in [3.8, 4) is 0 Å². The van der Waals surface area contributed by atoms with Crippen molar-refractivity contribution in [2.24, 2.45) is 0 Å². The van der Waals surface area contributed by atoms with Gasteiger partial charge in [-0.15, -0.1) is 0 Å². The standard InChI is InChI=1S/C32H41ClN2O5SSi/c1-7-41(38,39)25-14-8-22(9-15-25)20-29(36)35-28-17-16-26-27(34-28)18-19-32(30(26)37,23-10-12-24(33)13-11-23)21-40-42(5,6)31(2,3)4/h8-15,18-19,28,34H,7,16-17,20-21H2,1-6H3,(H,35,36). The van der Waals surface area contributed by atoms with Crippen LogP contribution in [0.1, 0.15) is 51.7 Å². The molecule has 4 rings (SSSR count). The second-order valence-electron chi connectivity index (χ2n) is 12.6. The van der Waals surface area contributed by atoms with Crippen molar-refractivity contribution >= 4 is 41.4 Å². The number of rotatable bonds is 9. The molecule has 10 heteroatoms. The van der Waals surface area contributed by atoms with Gasteiger partial charge in [-0.1, -0.05) is 69.6 Å². The highest BCUT2D eigenvalue weighted by Crippen LogP contribution is 2.42. The van der Waals surface area contributed by atoms with E-state index in [1.807, 2.05) is 24.3 Å². The number of carbonyl (C=O) groups excluding carboxylic acids is 2. The van der Waals surface area contributed by atoms with E-state index in [0.717, 1.165) is 11.1 Å². The van der Waals surface area contributed by atoms with Crippen LogP contribution in [0.3, 0.4) is 0 Å². The Morgan fingerprint density at radius 2 is 1.76 bits per heavy atom. The monoisotopic (exact) mass is 628 g/mol. The fourth-order valence-corrected chi connectivity index (χ4v) is 6.96. The molecule has 2 aromatic carbocycles. The minimum absolute atomic E-state index is 0.000398. The van der Waals surface area contributed by atoms with Gasteiger partial charge in [0.25, 0.3) is 0 Å². The molecule has 0 spiro atoms. The van der Waals surface area contributed by atoms with Crippen LogP contribution in [-0.2, 0) is 35.7 Å². The van der Waals surface area contributed by atoms with E-state index in [-0.39, 0.29) is 46.6 Å². The van der Waals surface area contributed by atoms with Crippen LogP contribution in [0.5, 0.6) is 0 Å². The maximum absolute atomic E-state index is 14.2. The molecule has 0 radical (unpaired) electrons. The first-order chi connectivity index (χ1) is 19.6. The smallest absolute Gasteiger partial charge is 0.226 e. The van der Waals surface area contributed by atoms with E-state index < -0.39 is 23.6 Å². The molecule has 1 amide bonds. The first-order valence-corrected chi connectivity index (χ1v) is 19.3. The summed E-state index contributed by atoms with van der Waals surface area (Å²) in [5, 5.41) is 6.95. The Kier molecular flexibility index (Phi) is 9.28. The molecule has 2 aromatic rings. The van der Waals surface area contributed by atoms with Crippen molar-refractivity contribution in [2.75, 3.05) is 12.4 Å². The van der Waals surface area contributed by atoms with E-state index in [9.17, 15) is 18.0 Å². The number of hydrogen-bond acceptors (Lipinski definition) is 6. The quantitative estimate of drug-likeness (QED) is 0.338. The van der Waals surface area contributed by atoms with Crippen LogP contribution in [0.2, 0.25) is 23.2 Å². The molecule has 1 aliphatic heterocycles. The molecule has 0 bridgehead atoms. The highest BCUT2D eigenvalue weighted by Gasteiger charge is 2.47. The number of hydrogen-bond donors (Lipinski definition) is 2. The van der Waals surface area contributed by atoms with Crippen LogP contribution in [0.4, 0.5) is 0 Å². The Labute approximate surface area is 255 Å². The minimum Gasteiger partial charge on any atom is -0.415 e. The van der Waals surface area contributed by atoms with Gasteiger partial charge >= 0.3 is 0 Å². The Bertz CT molecular complexity index is 1510. The number of nitrogens with one attached hydrogen (secondary N) is 2. The lowest BCUT2D eigenvalue weighted by Crippen LogP contribution is -2.52. The molecular weight excluding hydrogens is 588 g/mol. The number of sulfone groups is 1. The lowest BCUT2D eigenvalue weighted by Gasteiger charge is -2.42. The predicted octanol–water partition coefficient (Wildman–Crippen LogP) is 5.85. The number of carbonyl (C=O) groups is 2. The van der Waals surface area contributed by atoms with Crippen molar-refractivity contribution in [2.45, 2.75) is 81.6 Å². The summed E-state index contributed by atoms with van der Waals surface area (Å²) in [5.41, 5.74) is 2.01. The second kappa shape index (κ2) is 12.1. The average molecular weight is 629 g/mol. The number of allylic oxidation sites excluding steroid dienone is 2. The summed E-state index contributed by atoms with van der Waals surface area (Å²) < 4.78 is 30.8. The van der Waals surface area contributed by atoms with Gasteiger partial charge in [-0.2, -0.15) is 0 Å². The Balaban J connectivity index is 1.49. The molecule has 2 atom stereocenters. The zero-order valence-electron chi connectivity index (χ0n) is 25.2. The summed E-state index contributed by atoms with van der Waals surface area (Å²) in [5.74, 6) is -0.160. The van der Waals surface area contributed by atoms with Gasteiger partial charge in [-0.25, -0.2) is 8.42 Å². The van der Waals surface area contributed by atoms with Gasteiger partial charge in [0.05, 0.1) is 35.3 Å². The van der Waals surface area contributed by atoms with Crippen molar-refractivity contribution < 1.29 is 22.4 Å². The highest BCUT2D eigenvalue weighted by molar-refractivity contribution is 7.91. The van der Waals surface area contributed by atoms with Crippen LogP contribution >= 0.6 is 11.6 Å². The van der Waals surface area contributed by atoms with E-state index >= 15 is 0 Å². The van der Waals surface area contributed by atoms with Gasteiger partial charge in [0.1, 0.15) is 0 Å². The lowest BCUT2D eigenvalue weighted by atomic mass is 9.70. The van der Waals surface area contributed by atoms with Gasteiger partial charge in [-0.05, 0) is 72.4 Å². The van der Waals surface area contributed by atoms with Crippen LogP contribution in [0.25, 0.3) is 0 Å². The van der Waals surface area contributed by atoms with E-state index in [1.54, 1.807) is 31.2 Å². The van der Waals surface area contributed by atoms with Crippen molar-refractivity contribution in [3.05, 3.63) is 88.1 Å². The molecule has 0 saturated heterocycles. The molecule has 1 aliphatic carbocycles. The summed E-state index contributed by atoms with van der Waals surface area (Å²) in [7, 11) is -5.44. The molecule has 0 aromatic heterocycles. The SMILES string of the molecule is CCS(=O)(=O)c1ccc(CC(=O)NC2CCC3=C(C=CC(CO[Si](C)(C)C(C)(C)C)(c4ccc(Cl)cc4)C3=O)N2)cc1. The van der Waals surface area contributed by atoms with Crippen LogP contribution in [0.15, 0.2) is 76.8 Å². The van der Waals surface area contributed by atoms with Gasteiger partial charge < -0.3 is 15.1 Å². The third kappa shape index (κ3) is 6.75. The minimum atomic E-state index is -3.29. The number of halogens is 1. The number of ketones is 1. The molecule has 2 unspecified atom stereocenters. The molecule has 2 N–H and O–H groups in total. The van der Waals surface area contributed by atoms with Crippen LogP contribution in [-0.4, -0.2) is 47.0 Å². The number of Topliss-reactive ketones (excluding diaryl/α,β-unsaturated/α-hetero) is 1. The normalized spacial score (nSPS) is 21.1. The van der Waals surface area contributed by atoms with E-state index in [0.29, 0.717) is 29.1 Å². The predicted molar refractivity (Wildman–Crippen MR) is 170 cm³/mol. The summed E-state index contributed by atoms with van der Waals surface area (Å²) >= 11 is 6.19. The zero-order valence-corrected chi connectivity index (χ0v) is 27.8. The molecule has 1 heterocycles. The van der Waals surface area contributed by atoms with Crippen molar-refractivity contribution in [3.63, 3.8) is 0 Å². The van der Waals surface area contributed by atoms with E-state index in [1.165, 1.54) is 12.1 Å². The molecule has 2 aliphatic rings. The summed E-state index contributed by atoms with van der Waals surface area (Å²) in [6, 6.07) is 13.8. The molecule has 0 fully saturated rings. The second-order valence-corrected chi connectivity index (χ2v) is 20.1. The summed E-state index contributed by atoms with van der Waals surface area (Å²) in [6.07, 6.45) is 4.71. The van der Waals surface area contributed by atoms with Crippen LogP contribution < -0.4 is 10.6 Å². The first kappa shape index (κ1) is 32.2. The number of benzene rings is 2. The summed E-state index contributed by atoms with van der Waals surface area (Å²) in [4.78, 5) is 27.3. The van der Waals surface area contributed by atoms with Gasteiger partial charge in [0, 0.05) is 16.3 Å². The van der Waals surface area contributed by atoms with Crippen molar-refractivity contribution in [1.82, 2.24) is 10.6 Å². The molecule has 42 heavy (non-hydrogen) atoms. The Morgan fingerprint density at radius 3 is 2.36 bits per heavy atom. The molecular formula is C32H41ClN2O5SSi. The largest absolute Gasteiger partial charge is 0.415 e. The summed E-state index contributed by atoms with van der Waals surface area (Å²) in [6.45, 7) is 12.7. The fraction of sp³-hybridized carbons (Fsp3) is 0.438. The van der Waals surface area contributed by atoms with Gasteiger partial charge in [-0.3, -0.25) is 9.59 Å². The zero-order chi connectivity index (χ0) is 30.9. The van der Waals surface area contributed by atoms with Gasteiger partial charge in [0.2, 0.25) is 5.91 Å².